The van der Waals surface area contributed by atoms with Gasteiger partial charge in [-0.3, -0.25) is 0 Å². The standard InChI is InChI=1S/C12H13Cl2N3/c1-2-12-8(6-15)7-16-17(12)11-4-9(13)3-10(14)5-11/h3-5,7H,2,6,15H2,1H3. The van der Waals surface area contributed by atoms with Crippen molar-refractivity contribution in [3.63, 3.8) is 0 Å². The number of hydrogen-bond donors (Lipinski definition) is 1. The number of nitrogens with two attached hydrogens (primary N) is 1. The first kappa shape index (κ1) is 12.4. The zero-order valence-corrected chi connectivity index (χ0v) is 11.0. The van der Waals surface area contributed by atoms with E-state index in [-0.39, 0.29) is 0 Å². The lowest BCUT2D eigenvalue weighted by Crippen LogP contribution is -2.05. The second-order valence-corrected chi connectivity index (χ2v) is 4.59. The van der Waals surface area contributed by atoms with E-state index in [9.17, 15) is 0 Å². The summed E-state index contributed by atoms with van der Waals surface area (Å²) in [4.78, 5) is 0. The van der Waals surface area contributed by atoms with Crippen molar-refractivity contribution < 1.29 is 0 Å². The molecule has 3 nitrogen and oxygen atoms in total. The second-order valence-electron chi connectivity index (χ2n) is 3.71. The molecule has 0 amide bonds. The van der Waals surface area contributed by atoms with Crippen molar-refractivity contribution in [2.24, 2.45) is 5.73 Å². The minimum Gasteiger partial charge on any atom is -0.326 e. The lowest BCUT2D eigenvalue weighted by atomic mass is 10.2. The Kier molecular flexibility index (Phi) is 3.72. The van der Waals surface area contributed by atoms with Crippen LogP contribution in [-0.4, -0.2) is 9.78 Å². The van der Waals surface area contributed by atoms with E-state index in [0.717, 1.165) is 23.4 Å². The van der Waals surface area contributed by atoms with Gasteiger partial charge in [-0.15, -0.1) is 0 Å². The Balaban J connectivity index is 2.55. The summed E-state index contributed by atoms with van der Waals surface area (Å²) >= 11 is 12.0. The van der Waals surface area contributed by atoms with Gasteiger partial charge < -0.3 is 5.73 Å². The van der Waals surface area contributed by atoms with Gasteiger partial charge in [0, 0.05) is 27.8 Å². The second kappa shape index (κ2) is 5.08. The molecule has 1 heterocycles. The Morgan fingerprint density at radius 1 is 1.24 bits per heavy atom. The summed E-state index contributed by atoms with van der Waals surface area (Å²) < 4.78 is 1.83. The van der Waals surface area contributed by atoms with E-state index in [2.05, 4.69) is 12.0 Å². The molecular formula is C12H13Cl2N3. The first-order valence-electron chi connectivity index (χ1n) is 5.38. The molecule has 0 saturated heterocycles. The van der Waals surface area contributed by atoms with E-state index >= 15 is 0 Å². The molecule has 17 heavy (non-hydrogen) atoms. The van der Waals surface area contributed by atoms with Gasteiger partial charge in [0.25, 0.3) is 0 Å². The van der Waals surface area contributed by atoms with Crippen LogP contribution in [-0.2, 0) is 13.0 Å². The summed E-state index contributed by atoms with van der Waals surface area (Å²) in [5, 5.41) is 5.52. The van der Waals surface area contributed by atoms with E-state index in [1.165, 1.54) is 0 Å². The lowest BCUT2D eigenvalue weighted by Gasteiger charge is -2.08. The topological polar surface area (TPSA) is 43.8 Å². The predicted molar refractivity (Wildman–Crippen MR) is 70.9 cm³/mol. The smallest absolute Gasteiger partial charge is 0.0678 e. The molecule has 0 aliphatic rings. The van der Waals surface area contributed by atoms with Gasteiger partial charge in [-0.1, -0.05) is 30.1 Å². The van der Waals surface area contributed by atoms with Gasteiger partial charge in [0.1, 0.15) is 0 Å². The monoisotopic (exact) mass is 269 g/mol. The van der Waals surface area contributed by atoms with E-state index < -0.39 is 0 Å². The van der Waals surface area contributed by atoms with Crippen LogP contribution in [0.4, 0.5) is 0 Å². The third-order valence-corrected chi connectivity index (χ3v) is 3.04. The van der Waals surface area contributed by atoms with E-state index in [1.807, 2.05) is 16.8 Å². The minimum atomic E-state index is 0.484. The van der Waals surface area contributed by atoms with Crippen molar-refractivity contribution in [1.29, 1.82) is 0 Å². The van der Waals surface area contributed by atoms with Gasteiger partial charge >= 0.3 is 0 Å². The lowest BCUT2D eigenvalue weighted by molar-refractivity contribution is 0.807. The van der Waals surface area contributed by atoms with Crippen LogP contribution in [0.1, 0.15) is 18.2 Å². The quantitative estimate of drug-likeness (QED) is 0.930. The maximum Gasteiger partial charge on any atom is 0.0678 e. The molecule has 0 fully saturated rings. The fourth-order valence-corrected chi connectivity index (χ4v) is 2.35. The Morgan fingerprint density at radius 2 is 1.88 bits per heavy atom. The fraction of sp³-hybridized carbons (Fsp3) is 0.250. The van der Waals surface area contributed by atoms with Gasteiger partial charge in [0.2, 0.25) is 0 Å². The molecule has 0 bridgehead atoms. The van der Waals surface area contributed by atoms with Gasteiger partial charge in [0.15, 0.2) is 0 Å². The molecule has 0 spiro atoms. The third kappa shape index (κ3) is 2.46. The normalized spacial score (nSPS) is 10.8. The van der Waals surface area contributed by atoms with Crippen LogP contribution in [0.25, 0.3) is 5.69 Å². The molecule has 0 saturated carbocycles. The summed E-state index contributed by atoms with van der Waals surface area (Å²) in [6.07, 6.45) is 2.64. The average molecular weight is 270 g/mol. The fourth-order valence-electron chi connectivity index (χ4n) is 1.84. The molecule has 2 N–H and O–H groups in total. The average Bonchev–Trinajstić information content (AvgIpc) is 2.70. The number of halogens is 2. The molecule has 2 rings (SSSR count). The summed E-state index contributed by atoms with van der Waals surface area (Å²) in [5.41, 5.74) is 8.67. The van der Waals surface area contributed by atoms with Crippen molar-refractivity contribution in [3.8, 4) is 5.69 Å². The number of hydrogen-bond acceptors (Lipinski definition) is 2. The highest BCUT2D eigenvalue weighted by molar-refractivity contribution is 6.34. The molecular weight excluding hydrogens is 257 g/mol. The zero-order valence-electron chi connectivity index (χ0n) is 9.45. The molecule has 2 aromatic rings. The van der Waals surface area contributed by atoms with E-state index in [0.29, 0.717) is 16.6 Å². The van der Waals surface area contributed by atoms with E-state index in [4.69, 9.17) is 28.9 Å². The summed E-state index contributed by atoms with van der Waals surface area (Å²) in [6, 6.07) is 5.37. The molecule has 0 unspecified atom stereocenters. The Bertz CT molecular complexity index is 514. The summed E-state index contributed by atoms with van der Waals surface area (Å²) in [7, 11) is 0. The number of rotatable bonds is 3. The van der Waals surface area contributed by atoms with Crippen molar-refractivity contribution in [1.82, 2.24) is 9.78 Å². The third-order valence-electron chi connectivity index (χ3n) is 2.60. The maximum absolute atomic E-state index is 5.99. The summed E-state index contributed by atoms with van der Waals surface area (Å²) in [6.45, 7) is 2.55. The Hall–Kier alpha value is -1.03. The minimum absolute atomic E-state index is 0.484. The molecule has 0 aliphatic heterocycles. The molecule has 0 radical (unpaired) electrons. The Morgan fingerprint density at radius 3 is 2.41 bits per heavy atom. The first-order chi connectivity index (χ1) is 8.15. The van der Waals surface area contributed by atoms with E-state index in [1.54, 1.807) is 12.3 Å². The zero-order chi connectivity index (χ0) is 12.4. The van der Waals surface area contributed by atoms with Gasteiger partial charge in [-0.25, -0.2) is 4.68 Å². The molecule has 90 valence electrons. The SMILES string of the molecule is CCc1c(CN)cnn1-c1cc(Cl)cc(Cl)c1. The molecule has 1 aromatic heterocycles. The van der Waals surface area contributed by atoms with Crippen molar-refractivity contribution in [2.45, 2.75) is 19.9 Å². The van der Waals surface area contributed by atoms with Crippen LogP contribution < -0.4 is 5.73 Å². The molecule has 0 atom stereocenters. The predicted octanol–water partition coefficient (Wildman–Crippen LogP) is 3.20. The summed E-state index contributed by atoms with van der Waals surface area (Å²) in [5.74, 6) is 0. The highest BCUT2D eigenvalue weighted by Crippen LogP contribution is 2.23. The van der Waals surface area contributed by atoms with Crippen molar-refractivity contribution in [2.75, 3.05) is 0 Å². The van der Waals surface area contributed by atoms with Crippen LogP contribution >= 0.6 is 23.2 Å². The molecule has 0 aliphatic carbocycles. The number of nitrogens with zero attached hydrogens (tertiary/aromatic N) is 2. The van der Waals surface area contributed by atoms with Crippen molar-refractivity contribution >= 4 is 23.2 Å². The highest BCUT2D eigenvalue weighted by Gasteiger charge is 2.10. The number of benzene rings is 1. The molecule has 5 heteroatoms. The van der Waals surface area contributed by atoms with Crippen LogP contribution in [0.3, 0.4) is 0 Å². The maximum atomic E-state index is 5.99. The first-order valence-corrected chi connectivity index (χ1v) is 6.13. The van der Waals surface area contributed by atoms with Crippen molar-refractivity contribution in [3.05, 3.63) is 45.7 Å². The molecule has 1 aromatic carbocycles. The van der Waals surface area contributed by atoms with Gasteiger partial charge in [-0.2, -0.15) is 5.10 Å². The number of aromatic nitrogens is 2. The van der Waals surface area contributed by atoms with Gasteiger partial charge in [0.05, 0.1) is 11.9 Å². The van der Waals surface area contributed by atoms with Gasteiger partial charge in [-0.05, 0) is 24.6 Å². The van der Waals surface area contributed by atoms with Crippen LogP contribution in [0.5, 0.6) is 0 Å². The van der Waals surface area contributed by atoms with Crippen LogP contribution in [0.15, 0.2) is 24.4 Å². The highest BCUT2D eigenvalue weighted by atomic mass is 35.5. The van der Waals surface area contributed by atoms with Crippen LogP contribution in [0.2, 0.25) is 10.0 Å². The Labute approximate surface area is 110 Å². The largest absolute Gasteiger partial charge is 0.326 e. The van der Waals surface area contributed by atoms with Crippen LogP contribution in [0, 0.1) is 0 Å².